The summed E-state index contributed by atoms with van der Waals surface area (Å²) < 4.78 is 0. The standard InChI is InChI=1S/C12H25NS2.ClH/c1-2-9-14-10-6-4-3-5-7-13-8-11-15-12-13;/h2-12H2,1H3;1H. The number of thioether (sulfide) groups is 2. The first-order valence-corrected chi connectivity index (χ1v) is 8.62. The molecule has 4 heteroatoms. The fourth-order valence-electron chi connectivity index (χ4n) is 1.77. The zero-order valence-corrected chi connectivity index (χ0v) is 12.9. The van der Waals surface area contributed by atoms with E-state index in [4.69, 9.17) is 0 Å². The maximum atomic E-state index is 2.59. The third-order valence-corrected chi connectivity index (χ3v) is 4.98. The Balaban J connectivity index is 0.00000225. The van der Waals surface area contributed by atoms with Gasteiger partial charge in [-0.25, -0.2) is 0 Å². The molecular weight excluding hydrogens is 258 g/mol. The van der Waals surface area contributed by atoms with Gasteiger partial charge in [-0.1, -0.05) is 19.8 Å². The molecule has 98 valence electrons. The van der Waals surface area contributed by atoms with Crippen molar-refractivity contribution in [1.29, 1.82) is 0 Å². The highest BCUT2D eigenvalue weighted by Crippen LogP contribution is 2.14. The number of unbranched alkanes of at least 4 members (excludes halogenated alkanes) is 3. The number of halogens is 1. The molecule has 16 heavy (non-hydrogen) atoms. The molecule has 0 spiro atoms. The lowest BCUT2D eigenvalue weighted by Crippen LogP contribution is -2.20. The molecule has 0 aliphatic carbocycles. The van der Waals surface area contributed by atoms with Gasteiger partial charge < -0.3 is 0 Å². The van der Waals surface area contributed by atoms with Gasteiger partial charge in [-0.3, -0.25) is 4.90 Å². The van der Waals surface area contributed by atoms with Gasteiger partial charge in [-0.15, -0.1) is 24.2 Å². The first-order chi connectivity index (χ1) is 7.43. The van der Waals surface area contributed by atoms with Crippen LogP contribution in [0, 0.1) is 0 Å². The number of hydrogen-bond acceptors (Lipinski definition) is 3. The van der Waals surface area contributed by atoms with E-state index < -0.39 is 0 Å². The molecule has 0 bridgehead atoms. The van der Waals surface area contributed by atoms with E-state index in [9.17, 15) is 0 Å². The summed E-state index contributed by atoms with van der Waals surface area (Å²) in [6.45, 7) is 4.94. The highest BCUT2D eigenvalue weighted by atomic mass is 35.5. The van der Waals surface area contributed by atoms with E-state index in [-0.39, 0.29) is 12.4 Å². The molecule has 0 amide bonds. The van der Waals surface area contributed by atoms with Gasteiger partial charge in [0.25, 0.3) is 0 Å². The van der Waals surface area contributed by atoms with Gasteiger partial charge in [0.2, 0.25) is 0 Å². The molecule has 1 aliphatic rings. The second-order valence-electron chi connectivity index (χ2n) is 4.18. The van der Waals surface area contributed by atoms with Crippen LogP contribution in [-0.4, -0.2) is 41.1 Å². The Morgan fingerprint density at radius 3 is 2.62 bits per heavy atom. The average Bonchev–Trinajstić information content (AvgIpc) is 2.75. The molecule has 0 radical (unpaired) electrons. The van der Waals surface area contributed by atoms with Crippen molar-refractivity contribution in [3.8, 4) is 0 Å². The Bertz CT molecular complexity index is 141. The summed E-state index contributed by atoms with van der Waals surface area (Å²) in [7, 11) is 0. The van der Waals surface area contributed by atoms with E-state index in [1.165, 1.54) is 68.3 Å². The van der Waals surface area contributed by atoms with Crippen LogP contribution in [0.5, 0.6) is 0 Å². The first-order valence-electron chi connectivity index (χ1n) is 6.31. The molecule has 1 nitrogen and oxygen atoms in total. The van der Waals surface area contributed by atoms with Crippen molar-refractivity contribution in [2.24, 2.45) is 0 Å². The molecule has 0 aromatic carbocycles. The molecule has 1 rings (SSSR count). The highest BCUT2D eigenvalue weighted by Gasteiger charge is 2.10. The zero-order valence-electron chi connectivity index (χ0n) is 10.5. The van der Waals surface area contributed by atoms with Crippen LogP contribution in [-0.2, 0) is 0 Å². The number of hydrogen-bond donors (Lipinski definition) is 0. The Morgan fingerprint density at radius 2 is 1.94 bits per heavy atom. The fraction of sp³-hybridized carbons (Fsp3) is 1.00. The summed E-state index contributed by atoms with van der Waals surface area (Å²) in [6.07, 6.45) is 7.06. The number of rotatable bonds is 9. The second-order valence-corrected chi connectivity index (χ2v) is 6.48. The van der Waals surface area contributed by atoms with Crippen molar-refractivity contribution in [1.82, 2.24) is 4.90 Å². The molecule has 0 saturated carbocycles. The van der Waals surface area contributed by atoms with Gasteiger partial charge in [0.05, 0.1) is 0 Å². The lowest BCUT2D eigenvalue weighted by Gasteiger charge is -2.12. The monoisotopic (exact) mass is 283 g/mol. The van der Waals surface area contributed by atoms with E-state index in [0.29, 0.717) is 0 Å². The van der Waals surface area contributed by atoms with E-state index in [0.717, 1.165) is 0 Å². The van der Waals surface area contributed by atoms with Gasteiger partial charge in [-0.2, -0.15) is 11.8 Å². The van der Waals surface area contributed by atoms with Crippen molar-refractivity contribution in [3.63, 3.8) is 0 Å². The maximum Gasteiger partial charge on any atom is 0.0445 e. The number of nitrogens with zero attached hydrogens (tertiary/aromatic N) is 1. The third-order valence-electron chi connectivity index (χ3n) is 2.69. The van der Waals surface area contributed by atoms with Crippen LogP contribution in [0.1, 0.15) is 39.0 Å². The Morgan fingerprint density at radius 1 is 1.12 bits per heavy atom. The van der Waals surface area contributed by atoms with E-state index in [1.807, 2.05) is 0 Å². The van der Waals surface area contributed by atoms with Crippen molar-refractivity contribution in [2.75, 3.05) is 36.2 Å². The summed E-state index contributed by atoms with van der Waals surface area (Å²) in [6, 6.07) is 0. The quantitative estimate of drug-likeness (QED) is 0.586. The molecule has 0 unspecified atom stereocenters. The summed E-state index contributed by atoms with van der Waals surface area (Å²) in [5.41, 5.74) is 0. The van der Waals surface area contributed by atoms with Crippen LogP contribution in [0.4, 0.5) is 0 Å². The normalized spacial score (nSPS) is 16.3. The van der Waals surface area contributed by atoms with Gasteiger partial charge in [0.1, 0.15) is 0 Å². The van der Waals surface area contributed by atoms with Crippen LogP contribution >= 0.6 is 35.9 Å². The first kappa shape index (κ1) is 16.9. The van der Waals surface area contributed by atoms with Gasteiger partial charge >= 0.3 is 0 Å². The fourth-order valence-corrected chi connectivity index (χ4v) is 3.70. The van der Waals surface area contributed by atoms with Crippen LogP contribution in [0.3, 0.4) is 0 Å². The minimum Gasteiger partial charge on any atom is -0.293 e. The highest BCUT2D eigenvalue weighted by molar-refractivity contribution is 7.99. The molecule has 1 saturated heterocycles. The summed E-state index contributed by atoms with van der Waals surface area (Å²) in [5, 5.41) is 0. The lowest BCUT2D eigenvalue weighted by atomic mass is 10.2. The van der Waals surface area contributed by atoms with Crippen molar-refractivity contribution in [2.45, 2.75) is 39.0 Å². The molecule has 0 aromatic heterocycles. The summed E-state index contributed by atoms with van der Waals surface area (Å²) >= 11 is 4.20. The van der Waals surface area contributed by atoms with Crippen molar-refractivity contribution < 1.29 is 0 Å². The lowest BCUT2D eigenvalue weighted by molar-refractivity contribution is 0.344. The largest absolute Gasteiger partial charge is 0.293 e. The van der Waals surface area contributed by atoms with Gasteiger partial charge in [0.15, 0.2) is 0 Å². The minimum atomic E-state index is 0. The summed E-state index contributed by atoms with van der Waals surface area (Å²) in [4.78, 5) is 2.59. The SMILES string of the molecule is CCCSCCCCCCN1CCSC1.Cl. The topological polar surface area (TPSA) is 3.24 Å². The van der Waals surface area contributed by atoms with E-state index in [2.05, 4.69) is 35.3 Å². The Kier molecular flexibility index (Phi) is 13.1. The Labute approximate surface area is 116 Å². The molecule has 0 aromatic rings. The smallest absolute Gasteiger partial charge is 0.0445 e. The minimum absolute atomic E-state index is 0. The van der Waals surface area contributed by atoms with E-state index in [1.54, 1.807) is 0 Å². The Hall–Kier alpha value is 0.950. The third kappa shape index (κ3) is 9.03. The molecule has 0 N–H and O–H groups in total. The zero-order chi connectivity index (χ0) is 10.8. The van der Waals surface area contributed by atoms with Crippen molar-refractivity contribution >= 4 is 35.9 Å². The predicted molar refractivity (Wildman–Crippen MR) is 82.2 cm³/mol. The van der Waals surface area contributed by atoms with Gasteiger partial charge in [0, 0.05) is 18.2 Å². The van der Waals surface area contributed by atoms with Crippen molar-refractivity contribution in [3.05, 3.63) is 0 Å². The molecular formula is C12H26ClNS2. The predicted octanol–water partition coefficient (Wildman–Crippen LogP) is 4.12. The second kappa shape index (κ2) is 12.4. The van der Waals surface area contributed by atoms with Crippen LogP contribution in [0.15, 0.2) is 0 Å². The maximum absolute atomic E-state index is 2.59. The average molecular weight is 284 g/mol. The molecule has 1 heterocycles. The van der Waals surface area contributed by atoms with Gasteiger partial charge in [-0.05, 0) is 37.3 Å². The molecule has 1 fully saturated rings. The molecule has 0 atom stereocenters. The van der Waals surface area contributed by atoms with Crippen LogP contribution < -0.4 is 0 Å². The van der Waals surface area contributed by atoms with Crippen LogP contribution in [0.25, 0.3) is 0 Å². The van der Waals surface area contributed by atoms with Crippen LogP contribution in [0.2, 0.25) is 0 Å². The van der Waals surface area contributed by atoms with E-state index >= 15 is 0 Å². The summed E-state index contributed by atoms with van der Waals surface area (Å²) in [5.74, 6) is 5.37. The molecule has 1 aliphatic heterocycles.